The molecule has 1 amide bonds. The van der Waals surface area contributed by atoms with Crippen molar-refractivity contribution >= 4 is 17.9 Å². The summed E-state index contributed by atoms with van der Waals surface area (Å²) in [7, 11) is 4.04. The van der Waals surface area contributed by atoms with E-state index in [1.165, 1.54) is 0 Å². The molecule has 146 valence electrons. The topological polar surface area (TPSA) is 98.4 Å². The van der Waals surface area contributed by atoms with Gasteiger partial charge in [0.2, 0.25) is 0 Å². The number of rotatable bonds is 2. The Kier molecular flexibility index (Phi) is 5.76. The number of pyridine rings is 1. The number of aliphatic hydroxyl groups excluding tert-OH is 1. The molecule has 0 radical (unpaired) electrons. The minimum Gasteiger partial charge on any atom is -0.483 e. The third kappa shape index (κ3) is 3.96. The zero-order chi connectivity index (χ0) is 19.6. The number of likely N-dealkylation sites (tertiary alicyclic amines) is 1. The van der Waals surface area contributed by atoms with E-state index in [-0.39, 0.29) is 24.5 Å². The summed E-state index contributed by atoms with van der Waals surface area (Å²) >= 11 is 0. The Morgan fingerprint density at radius 1 is 1.26 bits per heavy atom. The lowest BCUT2D eigenvalue weighted by atomic mass is 9.77. The van der Waals surface area contributed by atoms with Crippen molar-refractivity contribution in [2.24, 2.45) is 11.8 Å². The number of likely N-dealkylation sites (N-methyl/N-ethyl adjacent to an activating group) is 1. The number of carbonyl (C=O) groups excluding carboxylic acids is 1. The zero-order valence-electron chi connectivity index (χ0n) is 15.6. The standard InChI is InChI=1S/C18H24N4O2.CH2O2/c1-20(2)16-8-13-10-21(11-14(13)9-17(16)23)18(24)12-4-6-22-15(7-12)3-5-19-22;2-1-3/h3-7,13-14,16-17,23H,8-11H2,1-2H3;1H,(H,2,3)/t13-,14+,16-,17-;/m1./s1. The second-order valence-electron chi connectivity index (χ2n) is 7.52. The van der Waals surface area contributed by atoms with Gasteiger partial charge < -0.3 is 20.0 Å². The molecule has 1 aliphatic heterocycles. The van der Waals surface area contributed by atoms with E-state index >= 15 is 0 Å². The average molecular weight is 374 g/mol. The Morgan fingerprint density at radius 3 is 2.59 bits per heavy atom. The molecule has 0 bridgehead atoms. The van der Waals surface area contributed by atoms with Crippen LogP contribution in [0.25, 0.3) is 5.52 Å². The van der Waals surface area contributed by atoms with Crippen LogP contribution in [0.2, 0.25) is 0 Å². The first-order chi connectivity index (χ1) is 12.9. The van der Waals surface area contributed by atoms with Crippen LogP contribution in [0, 0.1) is 11.8 Å². The second kappa shape index (κ2) is 8.06. The summed E-state index contributed by atoms with van der Waals surface area (Å²) in [6, 6.07) is 5.83. The molecule has 4 atom stereocenters. The van der Waals surface area contributed by atoms with E-state index in [1.54, 1.807) is 10.7 Å². The number of aliphatic hydroxyl groups is 1. The van der Waals surface area contributed by atoms with Crippen molar-refractivity contribution in [3.8, 4) is 0 Å². The molecule has 27 heavy (non-hydrogen) atoms. The molecule has 2 fully saturated rings. The Hall–Kier alpha value is -2.45. The first kappa shape index (κ1) is 19.3. The molecule has 3 heterocycles. The monoisotopic (exact) mass is 374 g/mol. The summed E-state index contributed by atoms with van der Waals surface area (Å²) in [5, 5.41) is 21.4. The Morgan fingerprint density at radius 2 is 1.93 bits per heavy atom. The van der Waals surface area contributed by atoms with Crippen LogP contribution in [0.15, 0.2) is 30.6 Å². The highest BCUT2D eigenvalue weighted by Crippen LogP contribution is 2.38. The first-order valence-electron chi connectivity index (χ1n) is 9.09. The van der Waals surface area contributed by atoms with Crippen molar-refractivity contribution < 1.29 is 19.8 Å². The summed E-state index contributed by atoms with van der Waals surface area (Å²) in [6.45, 7) is 1.30. The number of carbonyl (C=O) groups is 2. The summed E-state index contributed by atoms with van der Waals surface area (Å²) in [6.07, 6.45) is 5.02. The molecule has 2 N–H and O–H groups in total. The lowest BCUT2D eigenvalue weighted by Crippen LogP contribution is -2.46. The smallest absolute Gasteiger partial charge is 0.290 e. The highest BCUT2D eigenvalue weighted by molar-refractivity contribution is 5.95. The number of fused-ring (bicyclic) bond motifs is 2. The normalized spacial score (nSPS) is 27.2. The molecule has 8 nitrogen and oxygen atoms in total. The summed E-state index contributed by atoms with van der Waals surface area (Å²) in [4.78, 5) is 25.3. The summed E-state index contributed by atoms with van der Waals surface area (Å²) < 4.78 is 1.76. The van der Waals surface area contributed by atoms with Crippen molar-refractivity contribution in [3.63, 3.8) is 0 Å². The van der Waals surface area contributed by atoms with Gasteiger partial charge in [-0.1, -0.05) is 0 Å². The Balaban J connectivity index is 0.000000659. The molecular formula is C19H26N4O4. The van der Waals surface area contributed by atoms with Crippen LogP contribution in [0.1, 0.15) is 23.2 Å². The van der Waals surface area contributed by atoms with E-state index in [4.69, 9.17) is 9.90 Å². The van der Waals surface area contributed by atoms with Crippen LogP contribution < -0.4 is 0 Å². The number of nitrogens with zero attached hydrogens (tertiary/aromatic N) is 4. The van der Waals surface area contributed by atoms with Crippen molar-refractivity contribution in [2.75, 3.05) is 27.2 Å². The molecule has 0 aromatic carbocycles. The van der Waals surface area contributed by atoms with Crippen molar-refractivity contribution in [1.82, 2.24) is 19.4 Å². The number of aromatic nitrogens is 2. The zero-order valence-corrected chi connectivity index (χ0v) is 15.6. The van der Waals surface area contributed by atoms with Gasteiger partial charge in [0.15, 0.2) is 0 Å². The third-order valence-corrected chi connectivity index (χ3v) is 5.71. The van der Waals surface area contributed by atoms with Gasteiger partial charge in [-0.25, -0.2) is 4.52 Å². The van der Waals surface area contributed by atoms with E-state index in [2.05, 4.69) is 10.00 Å². The fourth-order valence-electron chi connectivity index (χ4n) is 4.37. The van der Waals surface area contributed by atoms with E-state index in [9.17, 15) is 9.90 Å². The highest BCUT2D eigenvalue weighted by Gasteiger charge is 2.43. The predicted octanol–water partition coefficient (Wildman–Crippen LogP) is 0.808. The maximum Gasteiger partial charge on any atom is 0.290 e. The first-order valence-corrected chi connectivity index (χ1v) is 9.09. The van der Waals surface area contributed by atoms with Gasteiger partial charge in [0.05, 0.1) is 11.6 Å². The maximum atomic E-state index is 12.9. The second-order valence-corrected chi connectivity index (χ2v) is 7.52. The number of hydrogen-bond acceptors (Lipinski definition) is 5. The van der Waals surface area contributed by atoms with E-state index in [0.717, 1.165) is 31.4 Å². The largest absolute Gasteiger partial charge is 0.483 e. The van der Waals surface area contributed by atoms with Gasteiger partial charge in [0.1, 0.15) is 0 Å². The molecule has 0 spiro atoms. The van der Waals surface area contributed by atoms with E-state index in [0.29, 0.717) is 17.4 Å². The van der Waals surface area contributed by atoms with E-state index in [1.807, 2.05) is 43.4 Å². The van der Waals surface area contributed by atoms with Crippen LogP contribution in [-0.4, -0.2) is 81.3 Å². The van der Waals surface area contributed by atoms with Crippen LogP contribution >= 0.6 is 0 Å². The Bertz CT molecular complexity index is 806. The average Bonchev–Trinajstić information content (AvgIpc) is 3.26. The van der Waals surface area contributed by atoms with Gasteiger partial charge in [0.25, 0.3) is 12.4 Å². The van der Waals surface area contributed by atoms with Gasteiger partial charge in [-0.15, -0.1) is 0 Å². The predicted molar refractivity (Wildman–Crippen MR) is 99.5 cm³/mol. The van der Waals surface area contributed by atoms with Gasteiger partial charge >= 0.3 is 0 Å². The van der Waals surface area contributed by atoms with Gasteiger partial charge in [-0.05, 0) is 57.0 Å². The lowest BCUT2D eigenvalue weighted by Gasteiger charge is -2.38. The molecule has 0 unspecified atom stereocenters. The lowest BCUT2D eigenvalue weighted by molar-refractivity contribution is -0.122. The molecule has 4 rings (SSSR count). The van der Waals surface area contributed by atoms with Gasteiger partial charge in [-0.2, -0.15) is 5.10 Å². The number of hydrogen-bond donors (Lipinski definition) is 2. The molecule has 1 saturated heterocycles. The SMILES string of the molecule is CN(C)[C@@H]1C[C@@H]2CN(C(=O)c3ccn4nccc4c3)C[C@@H]2C[C@H]1O.O=CO. The summed E-state index contributed by atoms with van der Waals surface area (Å²) in [5.74, 6) is 0.992. The molecule has 1 aliphatic carbocycles. The van der Waals surface area contributed by atoms with Crippen LogP contribution in [-0.2, 0) is 4.79 Å². The van der Waals surface area contributed by atoms with Crippen LogP contribution in [0.5, 0.6) is 0 Å². The summed E-state index contributed by atoms with van der Waals surface area (Å²) in [5.41, 5.74) is 1.65. The van der Waals surface area contributed by atoms with Gasteiger partial charge in [0, 0.05) is 37.1 Å². The molecular weight excluding hydrogens is 348 g/mol. The van der Waals surface area contributed by atoms with Crippen molar-refractivity contribution in [3.05, 3.63) is 36.2 Å². The molecule has 8 heteroatoms. The van der Waals surface area contributed by atoms with E-state index < -0.39 is 0 Å². The fourth-order valence-corrected chi connectivity index (χ4v) is 4.37. The molecule has 2 aromatic heterocycles. The third-order valence-electron chi connectivity index (χ3n) is 5.71. The van der Waals surface area contributed by atoms with Crippen molar-refractivity contribution in [2.45, 2.75) is 25.0 Å². The minimum absolute atomic E-state index is 0.0870. The minimum atomic E-state index is -0.292. The van der Waals surface area contributed by atoms with Crippen molar-refractivity contribution in [1.29, 1.82) is 0 Å². The number of carboxylic acid groups (broad SMARTS) is 1. The highest BCUT2D eigenvalue weighted by atomic mass is 16.3. The molecule has 2 aliphatic rings. The Labute approximate surface area is 158 Å². The van der Waals surface area contributed by atoms with Gasteiger partial charge in [-0.3, -0.25) is 9.59 Å². The van der Waals surface area contributed by atoms with Crippen LogP contribution in [0.3, 0.4) is 0 Å². The fraction of sp³-hybridized carbons (Fsp3) is 0.526. The molecule has 2 aromatic rings. The van der Waals surface area contributed by atoms with Crippen LogP contribution in [0.4, 0.5) is 0 Å². The maximum absolute atomic E-state index is 12.9. The quantitative estimate of drug-likeness (QED) is 0.755. The number of amides is 1. The molecule has 1 saturated carbocycles.